The van der Waals surface area contributed by atoms with Gasteiger partial charge in [-0.05, 0) is 42.0 Å². The molecule has 148 valence electrons. The van der Waals surface area contributed by atoms with Crippen molar-refractivity contribution in [2.24, 2.45) is 0 Å². The summed E-state index contributed by atoms with van der Waals surface area (Å²) < 4.78 is 17.6. The summed E-state index contributed by atoms with van der Waals surface area (Å²) >= 11 is 0. The van der Waals surface area contributed by atoms with E-state index in [9.17, 15) is 14.1 Å². The molecular formula is C23H23FN2O2P+. The molecule has 0 aliphatic carbocycles. The molecular weight excluding hydrogens is 386 g/mol. The normalized spacial score (nSPS) is 16.6. The first-order chi connectivity index (χ1) is 14.1. The summed E-state index contributed by atoms with van der Waals surface area (Å²) in [6.07, 6.45) is 0.999. The zero-order valence-electron chi connectivity index (χ0n) is 15.9. The molecule has 3 aromatic rings. The van der Waals surface area contributed by atoms with Crippen LogP contribution in [0.2, 0.25) is 0 Å². The number of carbonyl (C=O) groups is 1. The Bertz CT molecular complexity index is 906. The van der Waals surface area contributed by atoms with Gasteiger partial charge in [0.05, 0.1) is 30.9 Å². The summed E-state index contributed by atoms with van der Waals surface area (Å²) in [5, 5.41) is 0. The molecule has 1 N–H and O–H groups in total. The summed E-state index contributed by atoms with van der Waals surface area (Å²) in [5.41, 5.74) is 2.14. The van der Waals surface area contributed by atoms with Gasteiger partial charge < -0.3 is 4.79 Å². The van der Waals surface area contributed by atoms with E-state index in [4.69, 9.17) is 0 Å². The number of hydrogen-bond donors (Lipinski definition) is 1. The van der Waals surface area contributed by atoms with Crippen molar-refractivity contribution in [3.8, 4) is 0 Å². The van der Waals surface area contributed by atoms with E-state index in [-0.39, 0.29) is 12.2 Å². The molecule has 1 heterocycles. The number of para-hydroxylation sites is 2. The molecule has 1 aliphatic heterocycles. The third-order valence-electron chi connectivity index (χ3n) is 5.34. The molecule has 0 spiro atoms. The van der Waals surface area contributed by atoms with Crippen LogP contribution in [-0.2, 0) is 4.79 Å². The van der Waals surface area contributed by atoms with Crippen LogP contribution in [0.1, 0.15) is 17.6 Å². The predicted molar refractivity (Wildman–Crippen MR) is 117 cm³/mol. The number of hydrogen-bond acceptors (Lipinski definition) is 4. The minimum absolute atomic E-state index is 0.155. The average molecular weight is 409 g/mol. The third kappa shape index (κ3) is 3.64. The monoisotopic (exact) mass is 409 g/mol. The van der Waals surface area contributed by atoms with Gasteiger partial charge in [-0.15, -0.1) is 0 Å². The number of aldehydes is 1. The number of benzene rings is 3. The number of anilines is 2. The molecule has 6 heteroatoms. The minimum Gasteiger partial charge on any atom is -0.303 e. The van der Waals surface area contributed by atoms with E-state index in [1.165, 1.54) is 12.1 Å². The van der Waals surface area contributed by atoms with Crippen LogP contribution in [0.25, 0.3) is 0 Å². The highest BCUT2D eigenvalue weighted by Crippen LogP contribution is 2.75. The van der Waals surface area contributed by atoms with Crippen molar-refractivity contribution in [2.75, 3.05) is 22.4 Å². The number of halogens is 1. The second-order valence-electron chi connectivity index (χ2n) is 7.00. The van der Waals surface area contributed by atoms with Gasteiger partial charge in [0.15, 0.2) is 5.66 Å². The van der Waals surface area contributed by atoms with Gasteiger partial charge in [0.25, 0.3) is 0 Å². The second-order valence-corrected chi connectivity index (χ2v) is 9.82. The lowest BCUT2D eigenvalue weighted by Gasteiger charge is -2.36. The van der Waals surface area contributed by atoms with Crippen molar-refractivity contribution in [1.29, 1.82) is 0 Å². The van der Waals surface area contributed by atoms with Crippen molar-refractivity contribution in [3.63, 3.8) is 0 Å². The van der Waals surface area contributed by atoms with E-state index in [0.717, 1.165) is 23.2 Å². The van der Waals surface area contributed by atoms with E-state index in [1.54, 1.807) is 12.1 Å². The minimum atomic E-state index is -3.03. The van der Waals surface area contributed by atoms with Crippen molar-refractivity contribution >= 4 is 25.5 Å². The molecule has 0 bridgehead atoms. The van der Waals surface area contributed by atoms with Gasteiger partial charge in [0.1, 0.15) is 12.1 Å². The lowest BCUT2D eigenvalue weighted by molar-refractivity contribution is -0.107. The summed E-state index contributed by atoms with van der Waals surface area (Å²) in [7, 11) is -3.03. The summed E-state index contributed by atoms with van der Waals surface area (Å²) in [6.45, 7) is 1.28. The van der Waals surface area contributed by atoms with Gasteiger partial charge >= 0.3 is 7.79 Å². The SMILES string of the molecule is O=CCC(c1ccc(F)cc1)[P+]1(O)N(c2ccccc2)CCN1c1ccccc1. The Labute approximate surface area is 170 Å². The van der Waals surface area contributed by atoms with E-state index < -0.39 is 13.4 Å². The van der Waals surface area contributed by atoms with Gasteiger partial charge in [0, 0.05) is 0 Å². The molecule has 1 unspecified atom stereocenters. The third-order valence-corrected chi connectivity index (χ3v) is 8.96. The maximum absolute atomic E-state index is 13.5. The Morgan fingerprint density at radius 2 is 1.34 bits per heavy atom. The van der Waals surface area contributed by atoms with Crippen molar-refractivity contribution in [2.45, 2.75) is 12.1 Å². The molecule has 3 aromatic carbocycles. The van der Waals surface area contributed by atoms with Gasteiger partial charge in [-0.1, -0.05) is 48.5 Å². The Morgan fingerprint density at radius 3 is 1.79 bits per heavy atom. The highest BCUT2D eigenvalue weighted by Gasteiger charge is 2.61. The summed E-state index contributed by atoms with van der Waals surface area (Å²) in [6, 6.07) is 25.7. The standard InChI is InChI=1S/C23H23FN2O2P/c24-20-13-11-19(12-14-20)23(15-18-27)29(28)25(21-7-3-1-4-8-21)16-17-26(29)22-9-5-2-6-10-22/h1-14,18,23,28H,15-17H2/q+1. The van der Waals surface area contributed by atoms with Crippen LogP contribution in [-0.4, -0.2) is 24.3 Å². The maximum Gasteiger partial charge on any atom is 0.339 e. The molecule has 1 fully saturated rings. The van der Waals surface area contributed by atoms with E-state index >= 15 is 0 Å². The first-order valence-electron chi connectivity index (χ1n) is 9.61. The molecule has 4 nitrogen and oxygen atoms in total. The van der Waals surface area contributed by atoms with Crippen LogP contribution in [0.15, 0.2) is 84.9 Å². The van der Waals surface area contributed by atoms with Gasteiger partial charge in [0.2, 0.25) is 0 Å². The predicted octanol–water partition coefficient (Wildman–Crippen LogP) is 5.24. The Kier molecular flexibility index (Phi) is 5.61. The number of rotatable bonds is 6. The fourth-order valence-corrected chi connectivity index (χ4v) is 7.59. The van der Waals surface area contributed by atoms with Crippen LogP contribution in [0.3, 0.4) is 0 Å². The quantitative estimate of drug-likeness (QED) is 0.447. The fourth-order valence-electron chi connectivity index (χ4n) is 4.00. The Morgan fingerprint density at radius 1 is 0.862 bits per heavy atom. The fraction of sp³-hybridized carbons (Fsp3) is 0.174. The zero-order chi connectivity index (χ0) is 20.3. The molecule has 0 aromatic heterocycles. The maximum atomic E-state index is 13.5. The Hall–Kier alpha value is -2.75. The molecule has 4 rings (SSSR count). The van der Waals surface area contributed by atoms with Gasteiger partial charge in [-0.25, -0.2) is 18.6 Å². The van der Waals surface area contributed by atoms with Crippen molar-refractivity contribution in [3.05, 3.63) is 96.3 Å². The lowest BCUT2D eigenvalue weighted by atomic mass is 10.1. The van der Waals surface area contributed by atoms with Crippen molar-refractivity contribution < 1.29 is 14.1 Å². The molecule has 1 aliphatic rings. The van der Waals surface area contributed by atoms with Crippen LogP contribution < -0.4 is 9.34 Å². The topological polar surface area (TPSA) is 43.8 Å². The van der Waals surface area contributed by atoms with E-state index in [0.29, 0.717) is 13.1 Å². The number of carbonyl (C=O) groups excluding carboxylic acids is 1. The van der Waals surface area contributed by atoms with Gasteiger partial charge in [-0.2, -0.15) is 0 Å². The molecule has 0 radical (unpaired) electrons. The molecule has 29 heavy (non-hydrogen) atoms. The molecule has 1 saturated heterocycles. The van der Waals surface area contributed by atoms with Crippen molar-refractivity contribution in [1.82, 2.24) is 0 Å². The highest BCUT2D eigenvalue weighted by atomic mass is 31.2. The summed E-state index contributed by atoms with van der Waals surface area (Å²) in [5.74, 6) is -0.338. The smallest absolute Gasteiger partial charge is 0.303 e. The number of nitrogens with zero attached hydrogens (tertiary/aromatic N) is 2. The second kappa shape index (κ2) is 8.32. The Balaban J connectivity index is 1.86. The van der Waals surface area contributed by atoms with Crippen LogP contribution in [0.4, 0.5) is 15.8 Å². The largest absolute Gasteiger partial charge is 0.339 e. The zero-order valence-corrected chi connectivity index (χ0v) is 16.8. The molecule has 0 saturated carbocycles. The lowest BCUT2D eigenvalue weighted by Crippen LogP contribution is -2.29. The summed E-state index contributed by atoms with van der Waals surface area (Å²) in [4.78, 5) is 24.0. The van der Waals surface area contributed by atoms with Crippen LogP contribution >= 0.6 is 7.79 Å². The molecule has 0 amide bonds. The first kappa shape index (κ1) is 19.6. The van der Waals surface area contributed by atoms with Gasteiger partial charge in [-0.3, -0.25) is 0 Å². The van der Waals surface area contributed by atoms with E-state index in [2.05, 4.69) is 0 Å². The highest BCUT2D eigenvalue weighted by molar-refractivity contribution is 7.74. The van der Waals surface area contributed by atoms with Crippen LogP contribution in [0, 0.1) is 5.82 Å². The van der Waals surface area contributed by atoms with E-state index in [1.807, 2.05) is 70.0 Å². The average Bonchev–Trinajstić information content (AvgIpc) is 3.12. The first-order valence-corrected chi connectivity index (χ1v) is 11.3. The molecule has 1 atom stereocenters. The van der Waals surface area contributed by atoms with Crippen LogP contribution in [0.5, 0.6) is 0 Å².